The Labute approximate surface area is 110 Å². The van der Waals surface area contributed by atoms with Crippen molar-refractivity contribution in [1.29, 1.82) is 0 Å². The Morgan fingerprint density at radius 2 is 1.78 bits per heavy atom. The lowest BCUT2D eigenvalue weighted by atomic mass is 9.87. The van der Waals surface area contributed by atoms with Crippen molar-refractivity contribution in [2.45, 2.75) is 65.5 Å². The zero-order chi connectivity index (χ0) is 13.9. The maximum Gasteiger partial charge on any atom is 0.249 e. The highest BCUT2D eigenvalue weighted by Crippen LogP contribution is 2.26. The summed E-state index contributed by atoms with van der Waals surface area (Å²) in [5.74, 6) is 0.458. The molecule has 0 bridgehead atoms. The van der Waals surface area contributed by atoms with E-state index in [0.717, 1.165) is 6.42 Å². The largest absolute Gasteiger partial charge is 0.340 e. The minimum atomic E-state index is -0.683. The van der Waals surface area contributed by atoms with E-state index in [1.165, 1.54) is 0 Å². The number of hydrogen-bond acceptors (Lipinski definition) is 2. The van der Waals surface area contributed by atoms with Crippen molar-refractivity contribution < 1.29 is 9.59 Å². The number of amides is 2. The summed E-state index contributed by atoms with van der Waals surface area (Å²) in [6.45, 7) is 10.4. The van der Waals surface area contributed by atoms with Crippen molar-refractivity contribution in [2.75, 3.05) is 6.54 Å². The topological polar surface area (TPSA) is 49.4 Å². The molecule has 0 aromatic carbocycles. The molecule has 1 heterocycles. The normalized spacial score (nSPS) is 22.6. The van der Waals surface area contributed by atoms with Gasteiger partial charge < -0.3 is 10.2 Å². The molecule has 2 amide bonds. The minimum Gasteiger partial charge on any atom is -0.340 e. The molecule has 1 aliphatic heterocycles. The molecule has 0 aromatic heterocycles. The lowest BCUT2D eigenvalue weighted by Crippen LogP contribution is -2.68. The maximum atomic E-state index is 12.6. The van der Waals surface area contributed by atoms with Gasteiger partial charge in [-0.3, -0.25) is 9.59 Å². The number of nitrogens with zero attached hydrogens (tertiary/aromatic N) is 1. The molecule has 2 unspecified atom stereocenters. The van der Waals surface area contributed by atoms with Crippen LogP contribution in [-0.2, 0) is 9.59 Å². The van der Waals surface area contributed by atoms with Gasteiger partial charge in [-0.05, 0) is 25.7 Å². The van der Waals surface area contributed by atoms with Gasteiger partial charge in [0.05, 0.1) is 6.54 Å². The maximum absolute atomic E-state index is 12.6. The zero-order valence-electron chi connectivity index (χ0n) is 12.2. The molecular weight excluding hydrogens is 228 g/mol. The molecule has 2 atom stereocenters. The molecule has 1 aliphatic rings. The molecule has 0 aliphatic carbocycles. The predicted octanol–water partition coefficient (Wildman–Crippen LogP) is 1.94. The predicted molar refractivity (Wildman–Crippen MR) is 72.1 cm³/mol. The number of nitrogens with one attached hydrogen (secondary N) is 1. The van der Waals surface area contributed by atoms with Crippen molar-refractivity contribution >= 4 is 11.8 Å². The molecular formula is C14H26N2O2. The quantitative estimate of drug-likeness (QED) is 0.815. The van der Waals surface area contributed by atoms with E-state index in [2.05, 4.69) is 19.2 Å². The molecule has 1 rings (SSSR count). The van der Waals surface area contributed by atoms with Crippen LogP contribution in [0, 0.1) is 5.92 Å². The van der Waals surface area contributed by atoms with Gasteiger partial charge in [0.25, 0.3) is 0 Å². The smallest absolute Gasteiger partial charge is 0.249 e. The summed E-state index contributed by atoms with van der Waals surface area (Å²) in [5, 5.41) is 2.89. The van der Waals surface area contributed by atoms with Crippen LogP contribution in [0.3, 0.4) is 0 Å². The van der Waals surface area contributed by atoms with Crippen LogP contribution in [0.4, 0.5) is 0 Å². The highest BCUT2D eigenvalue weighted by atomic mass is 16.2. The summed E-state index contributed by atoms with van der Waals surface area (Å²) in [5.41, 5.74) is -0.683. The van der Waals surface area contributed by atoms with Crippen LogP contribution < -0.4 is 5.32 Å². The van der Waals surface area contributed by atoms with Crippen molar-refractivity contribution in [2.24, 2.45) is 5.92 Å². The van der Waals surface area contributed by atoms with Gasteiger partial charge in [-0.2, -0.15) is 0 Å². The summed E-state index contributed by atoms with van der Waals surface area (Å²) < 4.78 is 0. The van der Waals surface area contributed by atoms with E-state index in [9.17, 15) is 9.59 Å². The van der Waals surface area contributed by atoms with Gasteiger partial charge in [0.2, 0.25) is 11.8 Å². The van der Waals surface area contributed by atoms with E-state index in [4.69, 9.17) is 0 Å². The van der Waals surface area contributed by atoms with Gasteiger partial charge in [-0.1, -0.05) is 34.1 Å². The molecule has 0 saturated carbocycles. The molecule has 1 fully saturated rings. The average molecular weight is 254 g/mol. The number of rotatable bonds is 5. The second kappa shape index (κ2) is 5.72. The fourth-order valence-corrected chi connectivity index (χ4v) is 2.57. The SMILES string of the molecule is CCC(C)C(C)N1CC(=O)NC(CC)(CC)C1=O. The Hall–Kier alpha value is -1.06. The second-order valence-electron chi connectivity index (χ2n) is 5.40. The van der Waals surface area contributed by atoms with Crippen molar-refractivity contribution in [3.05, 3.63) is 0 Å². The summed E-state index contributed by atoms with van der Waals surface area (Å²) >= 11 is 0. The standard InChI is InChI=1S/C14H26N2O2/c1-6-10(4)11(5)16-9-12(17)15-14(7-2,8-3)13(16)18/h10-11H,6-9H2,1-5H3,(H,15,17). The Balaban J connectivity index is 2.99. The molecule has 1 N–H and O–H groups in total. The summed E-state index contributed by atoms with van der Waals surface area (Å²) in [7, 11) is 0. The third-order valence-corrected chi connectivity index (χ3v) is 4.53. The molecule has 18 heavy (non-hydrogen) atoms. The van der Waals surface area contributed by atoms with E-state index in [-0.39, 0.29) is 24.4 Å². The molecule has 4 heteroatoms. The van der Waals surface area contributed by atoms with Crippen LogP contribution in [0.2, 0.25) is 0 Å². The van der Waals surface area contributed by atoms with Gasteiger partial charge in [0.1, 0.15) is 5.54 Å². The van der Waals surface area contributed by atoms with Gasteiger partial charge >= 0.3 is 0 Å². The number of hydrogen-bond donors (Lipinski definition) is 1. The Morgan fingerprint density at radius 3 is 2.22 bits per heavy atom. The van der Waals surface area contributed by atoms with Crippen LogP contribution in [0.1, 0.15) is 53.9 Å². The first-order valence-electron chi connectivity index (χ1n) is 7.03. The van der Waals surface area contributed by atoms with Crippen LogP contribution >= 0.6 is 0 Å². The molecule has 1 saturated heterocycles. The third kappa shape index (κ3) is 2.52. The van der Waals surface area contributed by atoms with E-state index in [1.54, 1.807) is 4.90 Å². The van der Waals surface area contributed by atoms with Gasteiger partial charge in [-0.15, -0.1) is 0 Å². The van der Waals surface area contributed by atoms with Gasteiger partial charge in [-0.25, -0.2) is 0 Å². The Morgan fingerprint density at radius 1 is 1.22 bits per heavy atom. The fourth-order valence-electron chi connectivity index (χ4n) is 2.57. The lowest BCUT2D eigenvalue weighted by molar-refractivity contribution is -0.153. The van der Waals surface area contributed by atoms with Crippen molar-refractivity contribution in [3.63, 3.8) is 0 Å². The highest BCUT2D eigenvalue weighted by molar-refractivity contribution is 5.98. The van der Waals surface area contributed by atoms with E-state index in [1.807, 2.05) is 20.8 Å². The van der Waals surface area contributed by atoms with Crippen LogP contribution in [0.5, 0.6) is 0 Å². The number of carbonyl (C=O) groups excluding carboxylic acids is 2. The van der Waals surface area contributed by atoms with Crippen molar-refractivity contribution in [1.82, 2.24) is 10.2 Å². The molecule has 0 radical (unpaired) electrons. The molecule has 0 spiro atoms. The summed E-state index contributed by atoms with van der Waals surface area (Å²) in [4.78, 5) is 26.3. The van der Waals surface area contributed by atoms with Crippen molar-refractivity contribution in [3.8, 4) is 0 Å². The summed E-state index contributed by atoms with van der Waals surface area (Å²) in [6.07, 6.45) is 2.31. The zero-order valence-corrected chi connectivity index (χ0v) is 12.2. The molecule has 0 aromatic rings. The first kappa shape index (κ1) is 15.0. The van der Waals surface area contributed by atoms with Crippen LogP contribution in [0.15, 0.2) is 0 Å². The van der Waals surface area contributed by atoms with Gasteiger partial charge in [0, 0.05) is 6.04 Å². The summed E-state index contributed by atoms with van der Waals surface area (Å²) in [6, 6.07) is 0.117. The second-order valence-corrected chi connectivity index (χ2v) is 5.40. The van der Waals surface area contributed by atoms with E-state index >= 15 is 0 Å². The van der Waals surface area contributed by atoms with E-state index in [0.29, 0.717) is 18.8 Å². The van der Waals surface area contributed by atoms with Crippen LogP contribution in [0.25, 0.3) is 0 Å². The van der Waals surface area contributed by atoms with Gasteiger partial charge in [0.15, 0.2) is 0 Å². The highest BCUT2D eigenvalue weighted by Gasteiger charge is 2.45. The first-order chi connectivity index (χ1) is 8.41. The fraction of sp³-hybridized carbons (Fsp3) is 0.857. The van der Waals surface area contributed by atoms with Crippen LogP contribution in [-0.4, -0.2) is 34.8 Å². The first-order valence-corrected chi connectivity index (χ1v) is 7.03. The molecule has 104 valence electrons. The third-order valence-electron chi connectivity index (χ3n) is 4.53. The Bertz CT molecular complexity index is 324. The minimum absolute atomic E-state index is 0.0338. The monoisotopic (exact) mass is 254 g/mol. The lowest BCUT2D eigenvalue weighted by Gasteiger charge is -2.44. The van der Waals surface area contributed by atoms with E-state index < -0.39 is 5.54 Å². The average Bonchev–Trinajstić information content (AvgIpc) is 2.39. The number of carbonyl (C=O) groups is 2. The Kier molecular flexibility index (Phi) is 4.77. The number of piperazine rings is 1. The molecule has 4 nitrogen and oxygen atoms in total.